The number of nitrogens with zero attached hydrogens (tertiary/aromatic N) is 1. The van der Waals surface area contributed by atoms with Crippen LogP contribution in [0.15, 0.2) is 70.4 Å². The lowest BCUT2D eigenvalue weighted by Gasteiger charge is -2.12. The van der Waals surface area contributed by atoms with E-state index in [2.05, 4.69) is 28.5 Å². The normalized spacial score (nSPS) is 25.1. The number of hydrogen-bond acceptors (Lipinski definition) is 3. The summed E-state index contributed by atoms with van der Waals surface area (Å²) in [6.45, 7) is 0.947. The fourth-order valence-corrected chi connectivity index (χ4v) is 3.26. The molecule has 0 bridgehead atoms. The van der Waals surface area contributed by atoms with Gasteiger partial charge < -0.3 is 15.0 Å². The maximum Gasteiger partial charge on any atom is 0.146 e. The smallest absolute Gasteiger partial charge is 0.146 e. The Morgan fingerprint density at radius 2 is 2.36 bits per heavy atom. The molecule has 112 valence electrons. The van der Waals surface area contributed by atoms with Gasteiger partial charge in [-0.2, -0.15) is 0 Å². The van der Waals surface area contributed by atoms with Crippen LogP contribution in [-0.4, -0.2) is 24.4 Å². The number of aromatic nitrogens is 1. The molecule has 0 aromatic carbocycles. The van der Waals surface area contributed by atoms with E-state index in [0.29, 0.717) is 5.92 Å². The molecule has 4 rings (SSSR count). The average molecular weight is 293 g/mol. The third kappa shape index (κ3) is 2.21. The Hall–Kier alpha value is -2.49. The Morgan fingerprint density at radius 3 is 3.18 bits per heavy atom. The Balaban J connectivity index is 1.66. The zero-order chi connectivity index (χ0) is 14.9. The molecule has 3 aliphatic rings. The largest absolute Gasteiger partial charge is 0.494 e. The molecule has 3 heterocycles. The van der Waals surface area contributed by atoms with Crippen LogP contribution in [-0.2, 0) is 4.74 Å². The standard InChI is InChI=1S/C18H19N3O/c1-22-18-10-16(15-7-4-8-19-15)21-17(18)9-12-11-20-14-6-3-2-5-13(12)14/h3-4,6-10,12,19-20H,2,5,11H2,1H3/b17-9-. The van der Waals surface area contributed by atoms with Crippen LogP contribution in [0.3, 0.4) is 0 Å². The van der Waals surface area contributed by atoms with E-state index in [-0.39, 0.29) is 0 Å². The number of ether oxygens (including phenoxy) is 1. The molecule has 1 atom stereocenters. The molecule has 0 amide bonds. The van der Waals surface area contributed by atoms with Crippen LogP contribution < -0.4 is 5.32 Å². The first-order valence-electron chi connectivity index (χ1n) is 7.69. The summed E-state index contributed by atoms with van der Waals surface area (Å²) < 4.78 is 5.51. The lowest BCUT2D eigenvalue weighted by Crippen LogP contribution is -2.10. The van der Waals surface area contributed by atoms with Gasteiger partial charge in [-0.15, -0.1) is 0 Å². The molecule has 0 radical (unpaired) electrons. The Labute approximate surface area is 130 Å². The maximum absolute atomic E-state index is 5.51. The molecular weight excluding hydrogens is 274 g/mol. The van der Waals surface area contributed by atoms with Crippen LogP contribution in [0.4, 0.5) is 0 Å². The minimum absolute atomic E-state index is 0.403. The molecule has 0 fully saturated rings. The Kier molecular flexibility index (Phi) is 3.22. The number of allylic oxidation sites excluding steroid dienone is 3. The molecule has 1 aromatic rings. The van der Waals surface area contributed by atoms with E-state index < -0.39 is 0 Å². The van der Waals surface area contributed by atoms with Crippen LogP contribution in [0, 0.1) is 5.92 Å². The highest BCUT2D eigenvalue weighted by atomic mass is 16.5. The van der Waals surface area contributed by atoms with Crippen molar-refractivity contribution in [1.29, 1.82) is 0 Å². The first-order valence-corrected chi connectivity index (χ1v) is 7.69. The first-order chi connectivity index (χ1) is 10.8. The van der Waals surface area contributed by atoms with Crippen molar-refractivity contribution in [2.45, 2.75) is 12.8 Å². The maximum atomic E-state index is 5.51. The van der Waals surface area contributed by atoms with Crippen molar-refractivity contribution in [2.75, 3.05) is 13.7 Å². The van der Waals surface area contributed by atoms with Gasteiger partial charge in [-0.1, -0.05) is 6.08 Å². The summed E-state index contributed by atoms with van der Waals surface area (Å²) in [6.07, 6.45) is 12.8. The molecule has 1 unspecified atom stereocenters. The van der Waals surface area contributed by atoms with Gasteiger partial charge in [0, 0.05) is 30.4 Å². The number of H-pyrrole nitrogens is 1. The van der Waals surface area contributed by atoms with E-state index in [9.17, 15) is 0 Å². The topological polar surface area (TPSA) is 49.4 Å². The summed E-state index contributed by atoms with van der Waals surface area (Å²) in [5.41, 5.74) is 5.67. The van der Waals surface area contributed by atoms with Gasteiger partial charge in [-0.3, -0.25) is 0 Å². The predicted molar refractivity (Wildman–Crippen MR) is 87.4 cm³/mol. The monoisotopic (exact) mass is 293 g/mol. The van der Waals surface area contributed by atoms with E-state index in [1.807, 2.05) is 24.4 Å². The van der Waals surface area contributed by atoms with E-state index in [1.165, 1.54) is 11.3 Å². The molecule has 2 N–H and O–H groups in total. The van der Waals surface area contributed by atoms with E-state index in [0.717, 1.165) is 42.2 Å². The number of nitrogens with one attached hydrogen (secondary N) is 2. The van der Waals surface area contributed by atoms with Crippen LogP contribution in [0.5, 0.6) is 0 Å². The molecule has 0 saturated carbocycles. The second-order valence-corrected chi connectivity index (χ2v) is 5.71. The number of methoxy groups -OCH3 is 1. The number of aromatic amines is 1. The number of rotatable bonds is 3. The third-order valence-electron chi connectivity index (χ3n) is 4.38. The second-order valence-electron chi connectivity index (χ2n) is 5.71. The summed E-state index contributed by atoms with van der Waals surface area (Å²) in [5, 5.41) is 3.49. The predicted octanol–water partition coefficient (Wildman–Crippen LogP) is 3.06. The van der Waals surface area contributed by atoms with Gasteiger partial charge >= 0.3 is 0 Å². The van der Waals surface area contributed by atoms with Crippen molar-refractivity contribution < 1.29 is 4.74 Å². The van der Waals surface area contributed by atoms with E-state index >= 15 is 0 Å². The van der Waals surface area contributed by atoms with Gasteiger partial charge in [-0.05, 0) is 42.7 Å². The molecule has 1 aliphatic carbocycles. The molecule has 22 heavy (non-hydrogen) atoms. The van der Waals surface area contributed by atoms with Gasteiger partial charge in [0.05, 0.1) is 18.5 Å². The van der Waals surface area contributed by atoms with Gasteiger partial charge in [0.25, 0.3) is 0 Å². The van der Waals surface area contributed by atoms with Crippen molar-refractivity contribution >= 4 is 5.71 Å². The molecule has 1 aromatic heterocycles. The number of aliphatic imine (C=N–C) groups is 1. The molecule has 0 spiro atoms. The lowest BCUT2D eigenvalue weighted by molar-refractivity contribution is 0.302. The molecule has 2 aliphatic heterocycles. The average Bonchev–Trinajstić information content (AvgIpc) is 3.27. The van der Waals surface area contributed by atoms with Gasteiger partial charge in [0.2, 0.25) is 0 Å². The highest BCUT2D eigenvalue weighted by Crippen LogP contribution is 2.33. The zero-order valence-corrected chi connectivity index (χ0v) is 12.6. The third-order valence-corrected chi connectivity index (χ3v) is 4.38. The summed E-state index contributed by atoms with van der Waals surface area (Å²) >= 11 is 0. The minimum Gasteiger partial charge on any atom is -0.494 e. The Bertz CT molecular complexity index is 732. The van der Waals surface area contributed by atoms with Crippen molar-refractivity contribution in [3.63, 3.8) is 0 Å². The van der Waals surface area contributed by atoms with Gasteiger partial charge in [-0.25, -0.2) is 4.99 Å². The highest BCUT2D eigenvalue weighted by molar-refractivity contribution is 6.10. The fourth-order valence-electron chi connectivity index (χ4n) is 3.26. The Morgan fingerprint density at radius 1 is 1.41 bits per heavy atom. The quantitative estimate of drug-likeness (QED) is 0.900. The summed E-state index contributed by atoms with van der Waals surface area (Å²) in [7, 11) is 1.70. The van der Waals surface area contributed by atoms with Gasteiger partial charge in [0.1, 0.15) is 11.5 Å². The van der Waals surface area contributed by atoms with Crippen molar-refractivity contribution in [2.24, 2.45) is 10.9 Å². The second kappa shape index (κ2) is 5.37. The lowest BCUT2D eigenvalue weighted by atomic mass is 9.92. The van der Waals surface area contributed by atoms with Crippen molar-refractivity contribution in [3.05, 3.63) is 71.1 Å². The first kappa shape index (κ1) is 13.2. The fraction of sp³-hybridized carbons (Fsp3) is 0.278. The van der Waals surface area contributed by atoms with Gasteiger partial charge in [0.15, 0.2) is 0 Å². The van der Waals surface area contributed by atoms with Crippen molar-refractivity contribution in [3.8, 4) is 0 Å². The highest BCUT2D eigenvalue weighted by Gasteiger charge is 2.26. The summed E-state index contributed by atoms with van der Waals surface area (Å²) in [5.74, 6) is 1.24. The van der Waals surface area contributed by atoms with E-state index in [4.69, 9.17) is 9.73 Å². The molecular formula is C18H19N3O. The summed E-state index contributed by atoms with van der Waals surface area (Å²) in [4.78, 5) is 7.94. The van der Waals surface area contributed by atoms with Crippen molar-refractivity contribution in [1.82, 2.24) is 10.3 Å². The van der Waals surface area contributed by atoms with Crippen LogP contribution >= 0.6 is 0 Å². The zero-order valence-electron chi connectivity index (χ0n) is 12.6. The van der Waals surface area contributed by atoms with Crippen LogP contribution in [0.1, 0.15) is 18.5 Å². The molecule has 0 saturated heterocycles. The minimum atomic E-state index is 0.403. The van der Waals surface area contributed by atoms with E-state index in [1.54, 1.807) is 7.11 Å². The van der Waals surface area contributed by atoms with Crippen LogP contribution in [0.25, 0.3) is 0 Å². The number of hydrogen-bond donors (Lipinski definition) is 2. The summed E-state index contributed by atoms with van der Waals surface area (Å²) in [6, 6.07) is 4.00. The van der Waals surface area contributed by atoms with Crippen LogP contribution in [0.2, 0.25) is 0 Å². The SMILES string of the molecule is COC1=CC(c2ccc[nH]2)=N/C1=C\C1CNC2=C1CCC=C2. The molecule has 4 heteroatoms. The molecule has 4 nitrogen and oxygen atoms in total.